The standard InChI is InChI=1S/C10H10F3NO3/c1-15-6-3-8-7(16-4-17-8)2-5(6)9(14)10(11,12)13/h2-3,9H,4,14H2,1H3. The summed E-state index contributed by atoms with van der Waals surface area (Å²) in [6.07, 6.45) is -4.54. The van der Waals surface area contributed by atoms with Crippen LogP contribution < -0.4 is 19.9 Å². The number of nitrogens with two attached hydrogens (primary N) is 1. The van der Waals surface area contributed by atoms with Gasteiger partial charge in [-0.25, -0.2) is 0 Å². The van der Waals surface area contributed by atoms with E-state index in [4.69, 9.17) is 19.9 Å². The van der Waals surface area contributed by atoms with Gasteiger partial charge in [0.05, 0.1) is 7.11 Å². The van der Waals surface area contributed by atoms with Crippen LogP contribution in [0.2, 0.25) is 0 Å². The van der Waals surface area contributed by atoms with E-state index in [1.807, 2.05) is 0 Å². The van der Waals surface area contributed by atoms with Crippen LogP contribution in [0.25, 0.3) is 0 Å². The predicted molar refractivity (Wildman–Crippen MR) is 52.1 cm³/mol. The van der Waals surface area contributed by atoms with Crippen LogP contribution in [-0.2, 0) is 0 Å². The zero-order chi connectivity index (χ0) is 12.6. The van der Waals surface area contributed by atoms with Crippen molar-refractivity contribution in [3.05, 3.63) is 17.7 Å². The summed E-state index contributed by atoms with van der Waals surface area (Å²) in [4.78, 5) is 0. The predicted octanol–water partition coefficient (Wildman–Crippen LogP) is 1.99. The van der Waals surface area contributed by atoms with Gasteiger partial charge in [-0.05, 0) is 6.07 Å². The summed E-state index contributed by atoms with van der Waals surface area (Å²) in [6, 6.07) is 0.412. The van der Waals surface area contributed by atoms with E-state index in [-0.39, 0.29) is 23.9 Å². The Kier molecular flexibility index (Phi) is 2.78. The van der Waals surface area contributed by atoms with E-state index >= 15 is 0 Å². The van der Waals surface area contributed by atoms with E-state index in [2.05, 4.69) is 0 Å². The first-order chi connectivity index (χ1) is 7.93. The molecular weight excluding hydrogens is 239 g/mol. The molecule has 0 saturated heterocycles. The topological polar surface area (TPSA) is 53.7 Å². The highest BCUT2D eigenvalue weighted by molar-refractivity contribution is 5.53. The molecule has 0 aliphatic carbocycles. The fourth-order valence-electron chi connectivity index (χ4n) is 1.54. The summed E-state index contributed by atoms with van der Waals surface area (Å²) in [5.41, 5.74) is 4.96. The number of alkyl halides is 3. The molecule has 0 radical (unpaired) electrons. The van der Waals surface area contributed by atoms with Crippen molar-refractivity contribution in [3.63, 3.8) is 0 Å². The van der Waals surface area contributed by atoms with Crippen molar-refractivity contribution in [2.75, 3.05) is 13.9 Å². The van der Waals surface area contributed by atoms with Crippen LogP contribution in [0.15, 0.2) is 12.1 Å². The van der Waals surface area contributed by atoms with Crippen molar-refractivity contribution in [3.8, 4) is 17.2 Å². The molecular formula is C10H10F3NO3. The molecule has 0 fully saturated rings. The average Bonchev–Trinajstić information content (AvgIpc) is 2.71. The molecule has 17 heavy (non-hydrogen) atoms. The van der Waals surface area contributed by atoms with Crippen molar-refractivity contribution in [1.82, 2.24) is 0 Å². The maximum absolute atomic E-state index is 12.6. The molecule has 0 amide bonds. The number of benzene rings is 1. The minimum atomic E-state index is -4.54. The first-order valence-electron chi connectivity index (χ1n) is 4.73. The van der Waals surface area contributed by atoms with Gasteiger partial charge in [-0.2, -0.15) is 13.2 Å². The van der Waals surface area contributed by atoms with Crippen LogP contribution in [0.3, 0.4) is 0 Å². The van der Waals surface area contributed by atoms with Crippen molar-refractivity contribution >= 4 is 0 Å². The number of rotatable bonds is 2. The minimum Gasteiger partial charge on any atom is -0.496 e. The Balaban J connectivity index is 2.46. The molecule has 1 atom stereocenters. The van der Waals surface area contributed by atoms with Gasteiger partial charge in [-0.1, -0.05) is 0 Å². The van der Waals surface area contributed by atoms with E-state index in [1.165, 1.54) is 19.2 Å². The first kappa shape index (κ1) is 11.8. The highest BCUT2D eigenvalue weighted by Crippen LogP contribution is 2.43. The second kappa shape index (κ2) is 3.99. The molecule has 2 N–H and O–H groups in total. The van der Waals surface area contributed by atoms with Crippen LogP contribution in [-0.4, -0.2) is 20.1 Å². The number of fused-ring (bicyclic) bond motifs is 1. The largest absolute Gasteiger partial charge is 0.496 e. The highest BCUT2D eigenvalue weighted by atomic mass is 19.4. The quantitative estimate of drug-likeness (QED) is 0.870. The van der Waals surface area contributed by atoms with E-state index in [0.29, 0.717) is 5.75 Å². The maximum Gasteiger partial charge on any atom is 0.407 e. The fraction of sp³-hybridized carbons (Fsp3) is 0.400. The van der Waals surface area contributed by atoms with Crippen molar-refractivity contribution in [2.45, 2.75) is 12.2 Å². The van der Waals surface area contributed by atoms with Crippen LogP contribution >= 0.6 is 0 Å². The van der Waals surface area contributed by atoms with Crippen molar-refractivity contribution in [1.29, 1.82) is 0 Å². The molecule has 1 unspecified atom stereocenters. The highest BCUT2D eigenvalue weighted by Gasteiger charge is 2.40. The molecule has 1 aliphatic heterocycles. The maximum atomic E-state index is 12.6. The second-order valence-corrected chi connectivity index (χ2v) is 3.47. The van der Waals surface area contributed by atoms with Gasteiger partial charge in [0.1, 0.15) is 11.8 Å². The van der Waals surface area contributed by atoms with Crippen LogP contribution in [0.4, 0.5) is 13.2 Å². The van der Waals surface area contributed by atoms with E-state index < -0.39 is 12.2 Å². The van der Waals surface area contributed by atoms with Gasteiger partial charge in [0.15, 0.2) is 11.5 Å². The molecule has 1 aromatic rings. The SMILES string of the molecule is COc1cc2c(cc1C(N)C(F)(F)F)OCO2. The monoisotopic (exact) mass is 249 g/mol. The lowest BCUT2D eigenvalue weighted by atomic mass is 10.1. The smallest absolute Gasteiger partial charge is 0.407 e. The van der Waals surface area contributed by atoms with Gasteiger partial charge >= 0.3 is 6.18 Å². The minimum absolute atomic E-state index is 0.0246. The Morgan fingerprint density at radius 2 is 1.88 bits per heavy atom. The third-order valence-corrected chi connectivity index (χ3v) is 2.41. The first-order valence-corrected chi connectivity index (χ1v) is 4.73. The second-order valence-electron chi connectivity index (χ2n) is 3.47. The van der Waals surface area contributed by atoms with Crippen molar-refractivity contribution in [2.24, 2.45) is 5.73 Å². The van der Waals surface area contributed by atoms with Gasteiger partial charge < -0.3 is 19.9 Å². The Morgan fingerprint density at radius 3 is 2.41 bits per heavy atom. The van der Waals surface area contributed by atoms with Gasteiger partial charge in [0.25, 0.3) is 0 Å². The van der Waals surface area contributed by atoms with Gasteiger partial charge in [-0.15, -0.1) is 0 Å². The van der Waals surface area contributed by atoms with Gasteiger partial charge in [0.2, 0.25) is 6.79 Å². The zero-order valence-electron chi connectivity index (χ0n) is 8.88. The number of hydrogen-bond donors (Lipinski definition) is 1. The van der Waals surface area contributed by atoms with Crippen LogP contribution in [0.5, 0.6) is 17.2 Å². The molecule has 4 nitrogen and oxygen atoms in total. The summed E-state index contributed by atoms with van der Waals surface area (Å²) in [7, 11) is 1.27. The number of halogens is 3. The summed E-state index contributed by atoms with van der Waals surface area (Å²) in [5, 5.41) is 0. The van der Waals surface area contributed by atoms with Crippen LogP contribution in [0.1, 0.15) is 11.6 Å². The summed E-state index contributed by atoms with van der Waals surface area (Å²) < 4.78 is 52.6. The van der Waals surface area contributed by atoms with Crippen LogP contribution in [0, 0.1) is 0 Å². The Morgan fingerprint density at radius 1 is 1.29 bits per heavy atom. The van der Waals surface area contributed by atoms with E-state index in [0.717, 1.165) is 0 Å². The third-order valence-electron chi connectivity index (χ3n) is 2.41. The Hall–Kier alpha value is -1.63. The molecule has 1 heterocycles. The summed E-state index contributed by atoms with van der Waals surface area (Å²) in [6.45, 7) is -0.0246. The molecule has 0 saturated carbocycles. The number of ether oxygens (including phenoxy) is 3. The number of hydrogen-bond acceptors (Lipinski definition) is 4. The van der Waals surface area contributed by atoms with E-state index in [1.54, 1.807) is 0 Å². The van der Waals surface area contributed by atoms with E-state index in [9.17, 15) is 13.2 Å². The zero-order valence-corrected chi connectivity index (χ0v) is 8.88. The third kappa shape index (κ3) is 2.10. The molecule has 1 aromatic carbocycles. The molecule has 7 heteroatoms. The molecule has 0 bridgehead atoms. The molecule has 2 rings (SSSR count). The summed E-state index contributed by atoms with van der Waals surface area (Å²) >= 11 is 0. The Labute approximate surface area is 95.1 Å². The molecule has 94 valence electrons. The van der Waals surface area contributed by atoms with Crippen molar-refractivity contribution < 1.29 is 27.4 Å². The normalized spacial score (nSPS) is 15.8. The van der Waals surface area contributed by atoms with Gasteiger partial charge in [-0.3, -0.25) is 0 Å². The fourth-order valence-corrected chi connectivity index (χ4v) is 1.54. The average molecular weight is 249 g/mol. The molecule has 0 spiro atoms. The summed E-state index contributed by atoms with van der Waals surface area (Å²) in [5.74, 6) is 0.611. The lowest BCUT2D eigenvalue weighted by Crippen LogP contribution is -2.28. The Bertz CT molecular complexity index is 434. The van der Waals surface area contributed by atoms with Gasteiger partial charge in [0, 0.05) is 11.6 Å². The molecule has 0 aromatic heterocycles. The molecule has 1 aliphatic rings. The lowest BCUT2D eigenvalue weighted by molar-refractivity contribution is -0.149. The number of methoxy groups -OCH3 is 1. The lowest BCUT2D eigenvalue weighted by Gasteiger charge is -2.18.